The number of aromatic hydroxyl groups is 3. The molecule has 3 aromatic rings. The number of carbonyl (C=O) groups excluding carboxylic acids is 3. The van der Waals surface area contributed by atoms with Crippen LogP contribution in [0, 0.1) is 11.3 Å². The van der Waals surface area contributed by atoms with Crippen LogP contribution < -0.4 is 16.4 Å². The second kappa shape index (κ2) is 22.2. The Balaban J connectivity index is 0.000000690. The number of phenols is 3. The SMILES string of the molecule is CC(C)(C)C(Cc1ccc(O)cc1)C(N)=O.CC(C)(C)c1cc(CCC(=O)NCCCCCCNC(=O)CCc2cc(C(C)(C)C)c(O)c(C(C)(C)C)c2)cc(C(C)(C)C)c1O. The Morgan fingerprint density at radius 1 is 0.516 bits per heavy atom. The molecule has 3 aromatic carbocycles. The number of carbonyl (C=O) groups is 3. The standard InChI is InChI=1S/C40H64N2O4.C13H19NO2/c1-37(2,3)29-23-27(24-30(35(29)45)38(4,5)6)17-19-33(43)41-21-15-13-14-16-22-42-34(44)20-18-28-25-31(39(7,8)9)36(46)32(26-28)40(10,11)12;1-13(2,3)11(12(14)16)8-9-4-6-10(15)7-5-9/h23-26,45-46H,13-22H2,1-12H3,(H,41,43)(H,42,44);4-7,11,15H,8H2,1-3H3,(H2,14,16). The van der Waals surface area contributed by atoms with Crippen LogP contribution in [0.3, 0.4) is 0 Å². The van der Waals surface area contributed by atoms with E-state index in [9.17, 15) is 24.6 Å². The zero-order valence-electron chi connectivity index (χ0n) is 41.1. The molecule has 0 saturated carbocycles. The van der Waals surface area contributed by atoms with Gasteiger partial charge in [-0.15, -0.1) is 0 Å². The van der Waals surface area contributed by atoms with Crippen LogP contribution in [0.25, 0.3) is 0 Å². The summed E-state index contributed by atoms with van der Waals surface area (Å²) in [6.45, 7) is 32.5. The zero-order chi connectivity index (χ0) is 47.4. The third-order valence-corrected chi connectivity index (χ3v) is 11.4. The number of hydrogen-bond acceptors (Lipinski definition) is 6. The highest BCUT2D eigenvalue weighted by Crippen LogP contribution is 2.41. The average Bonchev–Trinajstić information content (AvgIpc) is 3.12. The topological polar surface area (TPSA) is 162 Å². The predicted molar refractivity (Wildman–Crippen MR) is 256 cm³/mol. The Hall–Kier alpha value is -4.53. The molecule has 3 rings (SSSR count). The van der Waals surface area contributed by atoms with Crippen LogP contribution in [0.5, 0.6) is 17.2 Å². The summed E-state index contributed by atoms with van der Waals surface area (Å²) in [5.74, 6) is 0.589. The first-order valence-electron chi connectivity index (χ1n) is 22.7. The van der Waals surface area contributed by atoms with Crippen LogP contribution in [0.4, 0.5) is 0 Å². The lowest BCUT2D eigenvalue weighted by Gasteiger charge is -2.28. The van der Waals surface area contributed by atoms with Gasteiger partial charge in [0.1, 0.15) is 17.2 Å². The van der Waals surface area contributed by atoms with E-state index < -0.39 is 0 Å². The number of primary amides is 1. The van der Waals surface area contributed by atoms with Crippen molar-refractivity contribution in [3.05, 3.63) is 87.5 Å². The van der Waals surface area contributed by atoms with E-state index in [0.29, 0.717) is 56.7 Å². The number of rotatable bonds is 16. The quantitative estimate of drug-likeness (QED) is 0.0786. The van der Waals surface area contributed by atoms with Crippen molar-refractivity contribution in [3.63, 3.8) is 0 Å². The van der Waals surface area contributed by atoms with Gasteiger partial charge < -0.3 is 31.7 Å². The number of nitrogens with one attached hydrogen (secondary N) is 2. The molecule has 1 unspecified atom stereocenters. The molecule has 0 aromatic heterocycles. The Bertz CT molecular complexity index is 1760. The summed E-state index contributed by atoms with van der Waals surface area (Å²) in [5, 5.41) is 37.1. The highest BCUT2D eigenvalue weighted by atomic mass is 16.3. The second-order valence-electron chi connectivity index (χ2n) is 22.4. The Morgan fingerprint density at radius 3 is 1.11 bits per heavy atom. The number of amides is 3. The van der Waals surface area contributed by atoms with Crippen LogP contribution in [0.1, 0.15) is 181 Å². The fraction of sp³-hybridized carbons (Fsp3) is 0.604. The molecule has 0 fully saturated rings. The molecule has 3 amide bonds. The number of hydrogen-bond donors (Lipinski definition) is 6. The summed E-state index contributed by atoms with van der Waals surface area (Å²) in [7, 11) is 0. The first-order valence-corrected chi connectivity index (χ1v) is 22.7. The van der Waals surface area contributed by atoms with E-state index in [1.54, 1.807) is 12.1 Å². The lowest BCUT2D eigenvalue weighted by Crippen LogP contribution is -2.35. The maximum absolute atomic E-state index is 12.6. The van der Waals surface area contributed by atoms with Gasteiger partial charge in [-0.1, -0.05) is 153 Å². The molecule has 0 bridgehead atoms. The van der Waals surface area contributed by atoms with Gasteiger partial charge in [-0.2, -0.15) is 0 Å². The fourth-order valence-electron chi connectivity index (χ4n) is 7.42. The van der Waals surface area contributed by atoms with Gasteiger partial charge in [-0.3, -0.25) is 14.4 Å². The molecular formula is C53H83N3O6. The van der Waals surface area contributed by atoms with Gasteiger partial charge in [0.15, 0.2) is 0 Å². The lowest BCUT2D eigenvalue weighted by molar-refractivity contribution is -0.125. The lowest BCUT2D eigenvalue weighted by atomic mass is 9.77. The van der Waals surface area contributed by atoms with Crippen molar-refractivity contribution in [2.24, 2.45) is 17.1 Å². The number of phenolic OH excluding ortho intramolecular Hbond substituents is 3. The van der Waals surface area contributed by atoms with Gasteiger partial charge in [0.25, 0.3) is 0 Å². The number of nitrogens with two attached hydrogens (primary N) is 1. The maximum Gasteiger partial charge on any atom is 0.221 e. The average molecular weight is 858 g/mol. The second-order valence-corrected chi connectivity index (χ2v) is 22.4. The third kappa shape index (κ3) is 17.7. The summed E-state index contributed by atoms with van der Waals surface area (Å²) < 4.78 is 0. The minimum atomic E-state index is -0.277. The highest BCUT2D eigenvalue weighted by molar-refractivity contribution is 5.78. The largest absolute Gasteiger partial charge is 0.508 e. The Kier molecular flexibility index (Phi) is 19.2. The van der Waals surface area contributed by atoms with Crippen LogP contribution in [-0.4, -0.2) is 46.1 Å². The molecular weight excluding hydrogens is 775 g/mol. The smallest absolute Gasteiger partial charge is 0.221 e. The summed E-state index contributed by atoms with van der Waals surface area (Å²) >= 11 is 0. The molecule has 0 aliphatic heterocycles. The summed E-state index contributed by atoms with van der Waals surface area (Å²) in [6, 6.07) is 15.1. The minimum Gasteiger partial charge on any atom is -0.508 e. The van der Waals surface area contributed by atoms with Crippen LogP contribution in [-0.2, 0) is 55.3 Å². The van der Waals surface area contributed by atoms with Gasteiger partial charge >= 0.3 is 0 Å². The van der Waals surface area contributed by atoms with Crippen LogP contribution >= 0.6 is 0 Å². The molecule has 7 N–H and O–H groups in total. The van der Waals surface area contributed by atoms with Crippen molar-refractivity contribution < 1.29 is 29.7 Å². The molecule has 0 saturated heterocycles. The van der Waals surface area contributed by atoms with Gasteiger partial charge in [-0.05, 0) is 110 Å². The molecule has 0 heterocycles. The molecule has 9 nitrogen and oxygen atoms in total. The number of benzene rings is 3. The van der Waals surface area contributed by atoms with E-state index >= 15 is 0 Å². The zero-order valence-corrected chi connectivity index (χ0v) is 41.1. The van der Waals surface area contributed by atoms with E-state index in [2.05, 4.69) is 118 Å². The molecule has 0 radical (unpaired) electrons. The number of unbranched alkanes of at least 4 members (excludes halogenated alkanes) is 3. The molecule has 0 aliphatic carbocycles. The molecule has 62 heavy (non-hydrogen) atoms. The van der Waals surface area contributed by atoms with E-state index in [-0.39, 0.29) is 56.5 Å². The third-order valence-electron chi connectivity index (χ3n) is 11.4. The van der Waals surface area contributed by atoms with Gasteiger partial charge in [-0.25, -0.2) is 0 Å². The first kappa shape index (κ1) is 53.6. The van der Waals surface area contributed by atoms with Crippen molar-refractivity contribution in [1.82, 2.24) is 10.6 Å². The van der Waals surface area contributed by atoms with Crippen molar-refractivity contribution >= 4 is 17.7 Å². The van der Waals surface area contributed by atoms with Crippen molar-refractivity contribution in [1.29, 1.82) is 0 Å². The summed E-state index contributed by atoms with van der Waals surface area (Å²) in [6.07, 6.45) is 6.54. The van der Waals surface area contributed by atoms with E-state index in [0.717, 1.165) is 64.6 Å². The van der Waals surface area contributed by atoms with Crippen molar-refractivity contribution in [2.75, 3.05) is 13.1 Å². The van der Waals surface area contributed by atoms with Crippen molar-refractivity contribution in [2.45, 2.75) is 183 Å². The van der Waals surface area contributed by atoms with Gasteiger partial charge in [0.2, 0.25) is 17.7 Å². The van der Waals surface area contributed by atoms with Crippen molar-refractivity contribution in [3.8, 4) is 17.2 Å². The summed E-state index contributed by atoms with van der Waals surface area (Å²) in [5.41, 5.74) is 11.4. The maximum atomic E-state index is 12.6. The molecule has 1 atom stereocenters. The highest BCUT2D eigenvalue weighted by Gasteiger charge is 2.30. The normalized spacial score (nSPS) is 12.9. The monoisotopic (exact) mass is 858 g/mol. The Morgan fingerprint density at radius 2 is 0.839 bits per heavy atom. The summed E-state index contributed by atoms with van der Waals surface area (Å²) in [4.78, 5) is 36.5. The van der Waals surface area contributed by atoms with Crippen LogP contribution in [0.2, 0.25) is 0 Å². The Labute approximate surface area is 375 Å². The molecule has 346 valence electrons. The predicted octanol–water partition coefficient (Wildman–Crippen LogP) is 10.7. The molecule has 0 aliphatic rings. The van der Waals surface area contributed by atoms with E-state index in [4.69, 9.17) is 10.8 Å². The van der Waals surface area contributed by atoms with Crippen LogP contribution in [0.15, 0.2) is 48.5 Å². The minimum absolute atomic E-state index is 0.0489. The van der Waals surface area contributed by atoms with E-state index in [1.165, 1.54) is 0 Å². The van der Waals surface area contributed by atoms with E-state index in [1.807, 2.05) is 32.9 Å². The fourth-order valence-corrected chi connectivity index (χ4v) is 7.42. The molecule has 9 heteroatoms. The van der Waals surface area contributed by atoms with Gasteiger partial charge in [0, 0.05) is 31.8 Å². The number of aryl methyl sites for hydroxylation is 2. The first-order chi connectivity index (χ1) is 28.3. The molecule has 0 spiro atoms. The van der Waals surface area contributed by atoms with Gasteiger partial charge in [0.05, 0.1) is 0 Å².